The van der Waals surface area contributed by atoms with Gasteiger partial charge in [0.1, 0.15) is 22.6 Å². The molecule has 2 aromatic heterocycles. The number of aromatic nitrogens is 3. The molecule has 7 heteroatoms. The summed E-state index contributed by atoms with van der Waals surface area (Å²) in [5.74, 6) is 1.41. The van der Waals surface area contributed by atoms with Crippen LogP contribution in [0.5, 0.6) is 0 Å². The van der Waals surface area contributed by atoms with E-state index in [9.17, 15) is 4.79 Å². The zero-order valence-electron chi connectivity index (χ0n) is 11.7. The summed E-state index contributed by atoms with van der Waals surface area (Å²) < 4.78 is 0.757. The lowest BCUT2D eigenvalue weighted by Gasteiger charge is -2.16. The van der Waals surface area contributed by atoms with Crippen molar-refractivity contribution in [1.29, 1.82) is 0 Å². The van der Waals surface area contributed by atoms with E-state index in [0.717, 1.165) is 28.8 Å². The first-order valence-corrected chi connectivity index (χ1v) is 7.76. The molecule has 0 spiro atoms. The van der Waals surface area contributed by atoms with E-state index in [2.05, 4.69) is 36.2 Å². The van der Waals surface area contributed by atoms with Crippen LogP contribution in [-0.2, 0) is 11.2 Å². The van der Waals surface area contributed by atoms with Gasteiger partial charge in [-0.1, -0.05) is 6.92 Å². The second kappa shape index (κ2) is 5.55. The van der Waals surface area contributed by atoms with Crippen LogP contribution in [0.1, 0.15) is 31.9 Å². The second-order valence-electron chi connectivity index (χ2n) is 5.18. The van der Waals surface area contributed by atoms with Gasteiger partial charge in [0.25, 0.3) is 0 Å². The number of fused-ring (bicyclic) bond motifs is 1. The number of nitrogen functional groups attached to an aromatic ring is 1. The van der Waals surface area contributed by atoms with Crippen LogP contribution in [0.2, 0.25) is 0 Å². The Balaban J connectivity index is 2.04. The van der Waals surface area contributed by atoms with Crippen LogP contribution in [-0.4, -0.2) is 26.8 Å². The Kier molecular flexibility index (Phi) is 3.75. The molecule has 0 amide bonds. The zero-order chi connectivity index (χ0) is 15.0. The molecule has 6 nitrogen and oxygen atoms in total. The minimum absolute atomic E-state index is 0.146. The summed E-state index contributed by atoms with van der Waals surface area (Å²) in [5.41, 5.74) is 8.01. The second-order valence-corrected chi connectivity index (χ2v) is 6.04. The van der Waals surface area contributed by atoms with E-state index < -0.39 is 0 Å². The van der Waals surface area contributed by atoms with Crippen LogP contribution < -0.4 is 11.1 Å². The lowest BCUT2D eigenvalue weighted by atomic mass is 10.2. The molecule has 2 heterocycles. The Hall–Kier alpha value is -1.76. The number of ketones is 1. The van der Waals surface area contributed by atoms with Crippen molar-refractivity contribution < 1.29 is 4.79 Å². The van der Waals surface area contributed by atoms with E-state index in [-0.39, 0.29) is 6.04 Å². The fourth-order valence-corrected chi connectivity index (χ4v) is 2.94. The number of pyridine rings is 1. The number of halogens is 1. The highest BCUT2D eigenvalue weighted by atomic mass is 79.9. The van der Waals surface area contributed by atoms with E-state index >= 15 is 0 Å². The van der Waals surface area contributed by atoms with Gasteiger partial charge in [-0.25, -0.2) is 15.0 Å². The molecule has 1 aliphatic carbocycles. The smallest absolute Gasteiger partial charge is 0.151 e. The van der Waals surface area contributed by atoms with Gasteiger partial charge < -0.3 is 11.1 Å². The van der Waals surface area contributed by atoms with Crippen molar-refractivity contribution in [1.82, 2.24) is 15.0 Å². The van der Waals surface area contributed by atoms with Gasteiger partial charge in [0.2, 0.25) is 0 Å². The fraction of sp³-hybridized carbons (Fsp3) is 0.429. The Bertz CT molecular complexity index is 718. The number of rotatable bonds is 3. The van der Waals surface area contributed by atoms with Gasteiger partial charge in [-0.3, -0.25) is 4.79 Å². The first-order valence-electron chi connectivity index (χ1n) is 6.97. The summed E-state index contributed by atoms with van der Waals surface area (Å²) >= 11 is 3.43. The van der Waals surface area contributed by atoms with Gasteiger partial charge in [0.05, 0.1) is 10.2 Å². The van der Waals surface area contributed by atoms with E-state index in [1.807, 2.05) is 6.92 Å². The van der Waals surface area contributed by atoms with Crippen LogP contribution in [0.4, 0.5) is 11.6 Å². The number of nitrogens with two attached hydrogens (primary N) is 1. The third kappa shape index (κ3) is 2.70. The molecule has 3 rings (SSSR count). The van der Waals surface area contributed by atoms with Gasteiger partial charge >= 0.3 is 0 Å². The van der Waals surface area contributed by atoms with Crippen molar-refractivity contribution in [2.75, 3.05) is 11.1 Å². The van der Waals surface area contributed by atoms with Crippen LogP contribution in [0.15, 0.2) is 10.7 Å². The Morgan fingerprint density at radius 1 is 1.43 bits per heavy atom. The van der Waals surface area contributed by atoms with Crippen molar-refractivity contribution in [2.24, 2.45) is 0 Å². The summed E-state index contributed by atoms with van der Waals surface area (Å²) in [6.45, 7) is 2.02. The van der Waals surface area contributed by atoms with Crippen molar-refractivity contribution in [2.45, 2.75) is 38.6 Å². The Morgan fingerprint density at radius 2 is 2.24 bits per heavy atom. The minimum atomic E-state index is 0.146. The normalized spacial score (nSPS) is 18.4. The number of aryl methyl sites for hydroxylation is 1. The predicted molar refractivity (Wildman–Crippen MR) is 85.1 cm³/mol. The number of nitrogens with one attached hydrogen (secondary N) is 1. The van der Waals surface area contributed by atoms with Crippen LogP contribution >= 0.6 is 15.9 Å². The monoisotopic (exact) mass is 349 g/mol. The van der Waals surface area contributed by atoms with Crippen molar-refractivity contribution in [3.63, 3.8) is 0 Å². The maximum atomic E-state index is 11.4. The van der Waals surface area contributed by atoms with Crippen molar-refractivity contribution in [3.05, 3.63) is 16.4 Å². The van der Waals surface area contributed by atoms with E-state index in [4.69, 9.17) is 5.73 Å². The molecule has 3 N–H and O–H groups in total. The largest absolute Gasteiger partial charge is 0.382 e. The SMILES string of the molecule is CCc1nc2c(N)ncc(Br)c2nc1N[C@@H]1CCC(=O)C1. The van der Waals surface area contributed by atoms with Crippen molar-refractivity contribution in [3.8, 4) is 0 Å². The highest BCUT2D eigenvalue weighted by molar-refractivity contribution is 9.10. The Morgan fingerprint density at radius 3 is 2.90 bits per heavy atom. The summed E-state index contributed by atoms with van der Waals surface area (Å²) in [6.07, 6.45) is 4.41. The number of hydrogen-bond acceptors (Lipinski definition) is 6. The summed E-state index contributed by atoms with van der Waals surface area (Å²) in [4.78, 5) is 24.7. The molecular weight excluding hydrogens is 334 g/mol. The maximum Gasteiger partial charge on any atom is 0.151 e. The van der Waals surface area contributed by atoms with Gasteiger partial charge in [-0.15, -0.1) is 0 Å². The fourth-order valence-electron chi connectivity index (χ4n) is 2.56. The predicted octanol–water partition coefficient (Wildman–Crippen LogP) is 2.47. The van der Waals surface area contributed by atoms with Crippen LogP contribution in [0, 0.1) is 0 Å². The maximum absolute atomic E-state index is 11.4. The van der Waals surface area contributed by atoms with Crippen molar-refractivity contribution >= 4 is 44.4 Å². The molecule has 1 fully saturated rings. The quantitative estimate of drug-likeness (QED) is 0.883. The highest BCUT2D eigenvalue weighted by Gasteiger charge is 2.23. The number of anilines is 2. The number of nitrogens with zero attached hydrogens (tertiary/aromatic N) is 3. The van der Waals surface area contributed by atoms with Crippen LogP contribution in [0.25, 0.3) is 11.0 Å². The molecule has 2 aromatic rings. The number of hydrogen-bond donors (Lipinski definition) is 2. The summed E-state index contributed by atoms with van der Waals surface area (Å²) in [5, 5.41) is 3.35. The number of carbonyl (C=O) groups excluding carboxylic acids is 1. The lowest BCUT2D eigenvalue weighted by Crippen LogP contribution is -2.18. The minimum Gasteiger partial charge on any atom is -0.382 e. The van der Waals surface area contributed by atoms with E-state index in [1.54, 1.807) is 6.20 Å². The molecule has 0 radical (unpaired) electrons. The Labute approximate surface area is 130 Å². The molecule has 0 unspecified atom stereocenters. The van der Waals surface area contributed by atoms with Gasteiger partial charge in [-0.05, 0) is 28.8 Å². The lowest BCUT2D eigenvalue weighted by molar-refractivity contribution is -0.117. The summed E-state index contributed by atoms with van der Waals surface area (Å²) in [7, 11) is 0. The first kappa shape index (κ1) is 14.2. The van der Waals surface area contributed by atoms with Gasteiger partial charge in [0.15, 0.2) is 5.82 Å². The molecule has 0 aliphatic heterocycles. The number of carbonyl (C=O) groups is 1. The van der Waals surface area contributed by atoms with E-state index in [1.165, 1.54) is 0 Å². The zero-order valence-corrected chi connectivity index (χ0v) is 13.3. The average molecular weight is 350 g/mol. The molecule has 1 saturated carbocycles. The molecule has 1 atom stereocenters. The third-order valence-electron chi connectivity index (χ3n) is 3.68. The molecular formula is C14H16BrN5O. The molecule has 0 aromatic carbocycles. The molecule has 110 valence electrons. The average Bonchev–Trinajstić information content (AvgIpc) is 2.88. The van der Waals surface area contributed by atoms with Gasteiger partial charge in [-0.2, -0.15) is 0 Å². The molecule has 21 heavy (non-hydrogen) atoms. The highest BCUT2D eigenvalue weighted by Crippen LogP contribution is 2.28. The molecule has 1 aliphatic rings. The van der Waals surface area contributed by atoms with E-state index in [0.29, 0.717) is 35.5 Å². The first-order chi connectivity index (χ1) is 10.1. The molecule has 0 saturated heterocycles. The molecule has 0 bridgehead atoms. The third-order valence-corrected chi connectivity index (χ3v) is 4.26. The van der Waals surface area contributed by atoms with Gasteiger partial charge in [0, 0.05) is 25.1 Å². The van der Waals surface area contributed by atoms with Crippen LogP contribution in [0.3, 0.4) is 0 Å². The number of Topliss-reactive ketones (excluding diaryl/α,β-unsaturated/α-hetero) is 1. The topological polar surface area (TPSA) is 93.8 Å². The standard InChI is InChI=1S/C14H16BrN5O/c1-2-10-14(18-7-3-4-8(21)5-7)20-11-9(15)6-17-13(16)12(11)19-10/h6-7H,2-5H2,1H3,(H2,16,17)(H,18,20)/t7-/m1/s1. The summed E-state index contributed by atoms with van der Waals surface area (Å²) in [6, 6.07) is 0.146.